The highest BCUT2D eigenvalue weighted by Gasteiger charge is 2.18. The molecule has 0 atom stereocenters. The van der Waals surface area contributed by atoms with Gasteiger partial charge in [-0.3, -0.25) is 4.57 Å². The number of halogens is 1. The van der Waals surface area contributed by atoms with Crippen molar-refractivity contribution < 1.29 is 5.11 Å². The van der Waals surface area contributed by atoms with Crippen LogP contribution in [0.5, 0.6) is 0 Å². The molecule has 3 aromatic rings. The molecular weight excluding hydrogens is 298 g/mol. The van der Waals surface area contributed by atoms with Crippen LogP contribution < -0.4 is 5.32 Å². The largest absolute Gasteiger partial charge is 0.395 e. The maximum Gasteiger partial charge on any atom is 0.172 e. The standard InChI is InChI=1S/C17H16ClN3O/c18-15-17(19-11-12-22)21(14-9-5-2-6-10-14)16(20-15)13-7-3-1-4-8-13/h1-10,19,22H,11-12H2. The zero-order chi connectivity index (χ0) is 15.4. The molecule has 0 spiro atoms. The van der Waals surface area contributed by atoms with Gasteiger partial charge in [-0.15, -0.1) is 0 Å². The van der Waals surface area contributed by atoms with Gasteiger partial charge in [0.2, 0.25) is 0 Å². The quantitative estimate of drug-likeness (QED) is 0.756. The molecule has 112 valence electrons. The summed E-state index contributed by atoms with van der Waals surface area (Å²) in [5.41, 5.74) is 1.94. The van der Waals surface area contributed by atoms with Crippen LogP contribution in [0.15, 0.2) is 60.7 Å². The maximum absolute atomic E-state index is 9.07. The predicted octanol–water partition coefficient (Wildman–Crippen LogP) is 3.60. The molecule has 0 fully saturated rings. The Hall–Kier alpha value is -2.30. The second-order valence-electron chi connectivity index (χ2n) is 4.76. The van der Waals surface area contributed by atoms with Crippen molar-refractivity contribution in [2.75, 3.05) is 18.5 Å². The number of nitrogens with one attached hydrogen (secondary N) is 1. The molecule has 0 bridgehead atoms. The van der Waals surface area contributed by atoms with Gasteiger partial charge in [0.05, 0.1) is 6.61 Å². The molecule has 0 amide bonds. The molecule has 2 aromatic carbocycles. The fraction of sp³-hybridized carbons (Fsp3) is 0.118. The molecule has 0 aliphatic heterocycles. The van der Waals surface area contributed by atoms with E-state index in [1.165, 1.54) is 0 Å². The number of anilines is 1. The minimum atomic E-state index is 0.0248. The van der Waals surface area contributed by atoms with Gasteiger partial charge in [0.15, 0.2) is 11.0 Å². The van der Waals surface area contributed by atoms with Crippen LogP contribution in [0, 0.1) is 0 Å². The number of rotatable bonds is 5. The van der Waals surface area contributed by atoms with Gasteiger partial charge in [-0.1, -0.05) is 60.1 Å². The summed E-state index contributed by atoms with van der Waals surface area (Å²) in [4.78, 5) is 4.49. The van der Waals surface area contributed by atoms with E-state index in [0.29, 0.717) is 17.5 Å². The van der Waals surface area contributed by atoms with Crippen molar-refractivity contribution in [1.29, 1.82) is 0 Å². The Labute approximate surface area is 134 Å². The van der Waals surface area contributed by atoms with Crippen molar-refractivity contribution in [3.05, 3.63) is 65.8 Å². The normalized spacial score (nSPS) is 10.6. The van der Waals surface area contributed by atoms with Crippen molar-refractivity contribution >= 4 is 17.4 Å². The predicted molar refractivity (Wildman–Crippen MR) is 89.6 cm³/mol. The smallest absolute Gasteiger partial charge is 0.172 e. The highest BCUT2D eigenvalue weighted by Crippen LogP contribution is 2.32. The Morgan fingerprint density at radius 3 is 2.27 bits per heavy atom. The van der Waals surface area contributed by atoms with E-state index in [4.69, 9.17) is 16.7 Å². The average Bonchev–Trinajstić information content (AvgIpc) is 2.91. The van der Waals surface area contributed by atoms with Crippen LogP contribution in [0.25, 0.3) is 17.1 Å². The zero-order valence-electron chi connectivity index (χ0n) is 11.9. The van der Waals surface area contributed by atoms with E-state index in [9.17, 15) is 0 Å². The van der Waals surface area contributed by atoms with Crippen LogP contribution in [0.3, 0.4) is 0 Å². The molecule has 0 saturated heterocycles. The lowest BCUT2D eigenvalue weighted by atomic mass is 10.2. The molecule has 0 aliphatic carbocycles. The first-order chi connectivity index (χ1) is 10.8. The first-order valence-corrected chi connectivity index (χ1v) is 7.43. The van der Waals surface area contributed by atoms with Crippen LogP contribution >= 0.6 is 11.6 Å². The van der Waals surface area contributed by atoms with E-state index in [2.05, 4.69) is 10.3 Å². The van der Waals surface area contributed by atoms with Crippen LogP contribution in [-0.4, -0.2) is 27.8 Å². The average molecular weight is 314 g/mol. The molecular formula is C17H16ClN3O. The molecule has 0 saturated carbocycles. The summed E-state index contributed by atoms with van der Waals surface area (Å²) in [6.45, 7) is 0.434. The Balaban J connectivity index is 2.18. The molecule has 2 N–H and O–H groups in total. The Morgan fingerprint density at radius 1 is 1.00 bits per heavy atom. The van der Waals surface area contributed by atoms with E-state index < -0.39 is 0 Å². The summed E-state index contributed by atoms with van der Waals surface area (Å²) in [6, 6.07) is 19.8. The fourth-order valence-corrected chi connectivity index (χ4v) is 2.56. The lowest BCUT2D eigenvalue weighted by molar-refractivity contribution is 0.311. The van der Waals surface area contributed by atoms with Gasteiger partial charge in [-0.25, -0.2) is 4.98 Å². The summed E-state index contributed by atoms with van der Waals surface area (Å²) in [7, 11) is 0. The van der Waals surface area contributed by atoms with Gasteiger partial charge in [-0.2, -0.15) is 0 Å². The van der Waals surface area contributed by atoms with Crippen molar-refractivity contribution in [2.45, 2.75) is 0 Å². The first-order valence-electron chi connectivity index (χ1n) is 7.05. The topological polar surface area (TPSA) is 50.1 Å². The van der Waals surface area contributed by atoms with Crippen molar-refractivity contribution in [2.24, 2.45) is 0 Å². The SMILES string of the molecule is OCCNc1c(Cl)nc(-c2ccccc2)n1-c1ccccc1. The van der Waals surface area contributed by atoms with Gasteiger partial charge >= 0.3 is 0 Å². The van der Waals surface area contributed by atoms with Crippen LogP contribution in [0.4, 0.5) is 5.82 Å². The summed E-state index contributed by atoms with van der Waals surface area (Å²) in [5, 5.41) is 12.6. The number of aliphatic hydroxyl groups is 1. The highest BCUT2D eigenvalue weighted by atomic mass is 35.5. The minimum absolute atomic E-state index is 0.0248. The molecule has 3 rings (SSSR count). The molecule has 0 radical (unpaired) electrons. The summed E-state index contributed by atoms with van der Waals surface area (Å²) < 4.78 is 1.97. The molecule has 0 unspecified atom stereocenters. The number of para-hydroxylation sites is 1. The van der Waals surface area contributed by atoms with E-state index in [-0.39, 0.29) is 6.61 Å². The van der Waals surface area contributed by atoms with Crippen LogP contribution in [0.2, 0.25) is 5.15 Å². The summed E-state index contributed by atoms with van der Waals surface area (Å²) >= 11 is 6.31. The molecule has 0 aliphatic rings. The number of aromatic nitrogens is 2. The van der Waals surface area contributed by atoms with E-state index in [1.807, 2.05) is 65.2 Å². The number of hydrogen-bond acceptors (Lipinski definition) is 3. The van der Waals surface area contributed by atoms with Crippen LogP contribution in [0.1, 0.15) is 0 Å². The molecule has 1 heterocycles. The molecule has 1 aromatic heterocycles. The molecule has 5 heteroatoms. The van der Waals surface area contributed by atoms with Gasteiger partial charge in [0.1, 0.15) is 5.82 Å². The lowest BCUT2D eigenvalue weighted by Gasteiger charge is -2.13. The van der Waals surface area contributed by atoms with E-state index in [1.54, 1.807) is 0 Å². The van der Waals surface area contributed by atoms with Crippen molar-refractivity contribution in [1.82, 2.24) is 9.55 Å². The van der Waals surface area contributed by atoms with Gasteiger partial charge in [0.25, 0.3) is 0 Å². The third-order valence-electron chi connectivity index (χ3n) is 3.29. The van der Waals surface area contributed by atoms with Crippen LogP contribution in [-0.2, 0) is 0 Å². The van der Waals surface area contributed by atoms with E-state index >= 15 is 0 Å². The van der Waals surface area contributed by atoms with Gasteiger partial charge in [0, 0.05) is 17.8 Å². The fourth-order valence-electron chi connectivity index (χ4n) is 2.33. The lowest BCUT2D eigenvalue weighted by Crippen LogP contribution is -2.10. The summed E-state index contributed by atoms with van der Waals surface area (Å²) in [6.07, 6.45) is 0. The molecule has 22 heavy (non-hydrogen) atoms. The highest BCUT2D eigenvalue weighted by molar-refractivity contribution is 6.32. The third-order valence-corrected chi connectivity index (χ3v) is 3.55. The third kappa shape index (κ3) is 2.84. The number of imidazole rings is 1. The second-order valence-corrected chi connectivity index (χ2v) is 5.12. The van der Waals surface area contributed by atoms with Crippen molar-refractivity contribution in [3.8, 4) is 17.1 Å². The number of hydrogen-bond donors (Lipinski definition) is 2. The molecule has 4 nitrogen and oxygen atoms in total. The number of aliphatic hydroxyl groups excluding tert-OH is 1. The summed E-state index contributed by atoms with van der Waals surface area (Å²) in [5.74, 6) is 1.44. The van der Waals surface area contributed by atoms with Gasteiger partial charge in [-0.05, 0) is 12.1 Å². The first kappa shape index (κ1) is 14.6. The Morgan fingerprint density at radius 2 is 1.64 bits per heavy atom. The van der Waals surface area contributed by atoms with E-state index in [0.717, 1.165) is 17.1 Å². The second kappa shape index (κ2) is 6.64. The Kier molecular flexibility index (Phi) is 4.42. The van der Waals surface area contributed by atoms with Crippen molar-refractivity contribution in [3.63, 3.8) is 0 Å². The maximum atomic E-state index is 9.07. The monoisotopic (exact) mass is 313 g/mol. The van der Waals surface area contributed by atoms with Gasteiger partial charge < -0.3 is 10.4 Å². The zero-order valence-corrected chi connectivity index (χ0v) is 12.7. The number of nitrogens with zero attached hydrogens (tertiary/aromatic N) is 2. The Bertz CT molecular complexity index is 741. The number of benzene rings is 2. The minimum Gasteiger partial charge on any atom is -0.395 e.